The zero-order chi connectivity index (χ0) is 9.71. The molecular formula is C13H12O. The molecule has 3 rings (SSSR count). The Kier molecular flexibility index (Phi) is 1.41. The lowest BCUT2D eigenvalue weighted by atomic mass is 9.83. The molecule has 1 nitrogen and oxygen atoms in total. The third-order valence-electron chi connectivity index (χ3n) is 3.20. The topological polar surface area (TPSA) is 20.2 Å². The van der Waals surface area contributed by atoms with Gasteiger partial charge in [-0.25, -0.2) is 0 Å². The molecule has 0 heterocycles. The summed E-state index contributed by atoms with van der Waals surface area (Å²) >= 11 is 0. The van der Waals surface area contributed by atoms with Crippen molar-refractivity contribution in [3.8, 4) is 0 Å². The van der Waals surface area contributed by atoms with Gasteiger partial charge in [0.25, 0.3) is 0 Å². The Bertz CT molecular complexity index is 466. The fraction of sp³-hybridized carbons (Fsp3) is 0.231. The maximum absolute atomic E-state index is 9.95. The van der Waals surface area contributed by atoms with Crippen molar-refractivity contribution in [1.29, 1.82) is 0 Å². The normalized spacial score (nSPS) is 22.8. The summed E-state index contributed by atoms with van der Waals surface area (Å²) in [4.78, 5) is 0. The predicted octanol–water partition coefficient (Wildman–Crippen LogP) is 3.49. The Morgan fingerprint density at radius 2 is 2.21 bits per heavy atom. The highest BCUT2D eigenvalue weighted by Crippen LogP contribution is 2.43. The third kappa shape index (κ3) is 0.844. The van der Waals surface area contributed by atoms with E-state index >= 15 is 0 Å². The van der Waals surface area contributed by atoms with E-state index in [-0.39, 0.29) is 0 Å². The molecule has 0 amide bonds. The number of aliphatic hydroxyl groups excluding tert-OH is 1. The second-order valence-corrected chi connectivity index (χ2v) is 4.11. The molecule has 1 heteroatoms. The van der Waals surface area contributed by atoms with E-state index in [9.17, 15) is 5.11 Å². The average molecular weight is 184 g/mol. The van der Waals surface area contributed by atoms with Crippen LogP contribution < -0.4 is 0 Å². The summed E-state index contributed by atoms with van der Waals surface area (Å²) in [5, 5.41) is 9.95. The van der Waals surface area contributed by atoms with E-state index < -0.39 is 0 Å². The molecule has 14 heavy (non-hydrogen) atoms. The van der Waals surface area contributed by atoms with E-state index in [4.69, 9.17) is 0 Å². The molecule has 0 aromatic heterocycles. The SMILES string of the molecule is CC1=C(O)c2cccc3c2C(C=C3)C1. The highest BCUT2D eigenvalue weighted by Gasteiger charge is 2.27. The zero-order valence-corrected chi connectivity index (χ0v) is 8.12. The summed E-state index contributed by atoms with van der Waals surface area (Å²) < 4.78 is 0. The molecule has 0 spiro atoms. The molecule has 1 unspecified atom stereocenters. The van der Waals surface area contributed by atoms with Crippen molar-refractivity contribution in [3.63, 3.8) is 0 Å². The van der Waals surface area contributed by atoms with Gasteiger partial charge in [0.1, 0.15) is 5.76 Å². The number of benzene rings is 1. The standard InChI is InChI=1S/C13H12O/c1-8-7-10-6-5-9-3-2-4-11(12(9)10)13(8)14/h2-6,10,14H,7H2,1H3. The molecule has 0 bridgehead atoms. The number of rotatable bonds is 0. The summed E-state index contributed by atoms with van der Waals surface area (Å²) in [6, 6.07) is 6.13. The third-order valence-corrected chi connectivity index (χ3v) is 3.20. The molecular weight excluding hydrogens is 172 g/mol. The minimum absolute atomic E-state index is 0.488. The van der Waals surface area contributed by atoms with E-state index in [1.807, 2.05) is 19.1 Å². The lowest BCUT2D eigenvalue weighted by Gasteiger charge is -2.22. The number of allylic oxidation sites excluding steroid dienone is 2. The van der Waals surface area contributed by atoms with Crippen molar-refractivity contribution in [2.24, 2.45) is 0 Å². The molecule has 70 valence electrons. The van der Waals surface area contributed by atoms with Gasteiger partial charge in [0.2, 0.25) is 0 Å². The largest absolute Gasteiger partial charge is 0.507 e. The maximum atomic E-state index is 9.95. The second-order valence-electron chi connectivity index (χ2n) is 4.11. The van der Waals surface area contributed by atoms with Gasteiger partial charge in [-0.2, -0.15) is 0 Å². The lowest BCUT2D eigenvalue weighted by Crippen LogP contribution is -2.07. The van der Waals surface area contributed by atoms with Gasteiger partial charge >= 0.3 is 0 Å². The Morgan fingerprint density at radius 1 is 1.36 bits per heavy atom. The first kappa shape index (κ1) is 7.86. The van der Waals surface area contributed by atoms with Crippen LogP contribution in [0.2, 0.25) is 0 Å². The molecule has 0 saturated heterocycles. The molecule has 0 fully saturated rings. The van der Waals surface area contributed by atoms with Crippen molar-refractivity contribution in [2.45, 2.75) is 19.3 Å². The highest BCUT2D eigenvalue weighted by molar-refractivity contribution is 5.76. The van der Waals surface area contributed by atoms with Gasteiger partial charge in [-0.05, 0) is 30.0 Å². The van der Waals surface area contributed by atoms with Crippen LogP contribution in [0.3, 0.4) is 0 Å². The van der Waals surface area contributed by atoms with Gasteiger partial charge in [0.15, 0.2) is 0 Å². The van der Waals surface area contributed by atoms with Crippen molar-refractivity contribution >= 4 is 11.8 Å². The van der Waals surface area contributed by atoms with Crippen molar-refractivity contribution in [2.75, 3.05) is 0 Å². The zero-order valence-electron chi connectivity index (χ0n) is 8.12. The summed E-state index contributed by atoms with van der Waals surface area (Å²) in [5.74, 6) is 0.985. The molecule has 2 aliphatic carbocycles. The van der Waals surface area contributed by atoms with Crippen LogP contribution in [0.5, 0.6) is 0 Å². The van der Waals surface area contributed by atoms with Crippen molar-refractivity contribution in [1.82, 2.24) is 0 Å². The second kappa shape index (κ2) is 2.50. The maximum Gasteiger partial charge on any atom is 0.122 e. The minimum Gasteiger partial charge on any atom is -0.507 e. The van der Waals surface area contributed by atoms with Crippen LogP contribution in [-0.2, 0) is 0 Å². The van der Waals surface area contributed by atoms with Gasteiger partial charge in [0, 0.05) is 11.5 Å². The lowest BCUT2D eigenvalue weighted by molar-refractivity contribution is 0.496. The van der Waals surface area contributed by atoms with Crippen LogP contribution >= 0.6 is 0 Å². The molecule has 1 aromatic rings. The van der Waals surface area contributed by atoms with Crippen molar-refractivity contribution in [3.05, 3.63) is 46.5 Å². The van der Waals surface area contributed by atoms with E-state index in [1.165, 1.54) is 11.1 Å². The van der Waals surface area contributed by atoms with E-state index in [0.717, 1.165) is 17.6 Å². The fourth-order valence-electron chi connectivity index (χ4n) is 2.49. The molecule has 0 aliphatic heterocycles. The average Bonchev–Trinajstić information content (AvgIpc) is 2.59. The van der Waals surface area contributed by atoms with Crippen LogP contribution in [-0.4, -0.2) is 5.11 Å². The smallest absolute Gasteiger partial charge is 0.122 e. The fourth-order valence-corrected chi connectivity index (χ4v) is 2.49. The van der Waals surface area contributed by atoms with E-state index in [0.29, 0.717) is 11.7 Å². The first-order valence-electron chi connectivity index (χ1n) is 4.97. The van der Waals surface area contributed by atoms with E-state index in [1.54, 1.807) is 0 Å². The first-order valence-corrected chi connectivity index (χ1v) is 4.97. The molecule has 0 radical (unpaired) electrons. The predicted molar refractivity (Wildman–Crippen MR) is 58.1 cm³/mol. The molecule has 1 atom stereocenters. The molecule has 2 aliphatic rings. The van der Waals surface area contributed by atoms with Gasteiger partial charge in [-0.3, -0.25) is 0 Å². The quantitative estimate of drug-likeness (QED) is 0.654. The Hall–Kier alpha value is -1.50. The van der Waals surface area contributed by atoms with Gasteiger partial charge < -0.3 is 5.11 Å². The molecule has 0 saturated carbocycles. The molecule has 1 aromatic carbocycles. The van der Waals surface area contributed by atoms with Crippen LogP contribution in [0, 0.1) is 0 Å². The minimum atomic E-state index is 0.488. The Labute approximate surface area is 83.4 Å². The monoisotopic (exact) mass is 184 g/mol. The van der Waals surface area contributed by atoms with Crippen LogP contribution in [0.25, 0.3) is 11.8 Å². The van der Waals surface area contributed by atoms with Crippen molar-refractivity contribution < 1.29 is 5.11 Å². The number of hydrogen-bond acceptors (Lipinski definition) is 1. The number of hydrogen-bond donors (Lipinski definition) is 1. The summed E-state index contributed by atoms with van der Waals surface area (Å²) in [7, 11) is 0. The van der Waals surface area contributed by atoms with Crippen LogP contribution in [0.4, 0.5) is 0 Å². The highest BCUT2D eigenvalue weighted by atomic mass is 16.3. The summed E-state index contributed by atoms with van der Waals surface area (Å²) in [5.41, 5.74) is 4.72. The number of aliphatic hydroxyl groups is 1. The van der Waals surface area contributed by atoms with Gasteiger partial charge in [-0.1, -0.05) is 30.4 Å². The molecule has 1 N–H and O–H groups in total. The van der Waals surface area contributed by atoms with Crippen LogP contribution in [0.15, 0.2) is 29.8 Å². The van der Waals surface area contributed by atoms with Crippen LogP contribution in [0.1, 0.15) is 36.0 Å². The first-order chi connectivity index (χ1) is 6.77. The Morgan fingerprint density at radius 3 is 3.07 bits per heavy atom. The summed E-state index contributed by atoms with van der Waals surface area (Å²) in [6.45, 7) is 2.01. The van der Waals surface area contributed by atoms with E-state index in [2.05, 4.69) is 18.2 Å². The van der Waals surface area contributed by atoms with Gasteiger partial charge in [0.05, 0.1) is 0 Å². The van der Waals surface area contributed by atoms with Gasteiger partial charge in [-0.15, -0.1) is 0 Å². The summed E-state index contributed by atoms with van der Waals surface area (Å²) in [6.07, 6.45) is 5.37. The Balaban J connectivity index is 2.34.